The molecule has 1 aromatic rings. The molecule has 0 unspecified atom stereocenters. The molecule has 15 heavy (non-hydrogen) atoms. The topological polar surface area (TPSA) is 84.2 Å². The second kappa shape index (κ2) is 3.29. The molecule has 0 atom stereocenters. The van der Waals surface area contributed by atoms with Gasteiger partial charge in [-0.15, -0.1) is 0 Å². The second-order valence-corrected chi connectivity index (χ2v) is 5.58. The Morgan fingerprint density at radius 2 is 2.33 bits per heavy atom. The fourth-order valence-corrected chi connectivity index (χ4v) is 2.76. The Kier molecular flexibility index (Phi) is 2.32. The normalized spacial score (nSPS) is 19.1. The first-order valence-electron chi connectivity index (χ1n) is 4.61. The Labute approximate surface area is 88.0 Å². The molecule has 6 nitrogen and oxygen atoms in total. The van der Waals surface area contributed by atoms with Crippen molar-refractivity contribution in [2.24, 2.45) is 7.05 Å². The zero-order valence-corrected chi connectivity index (χ0v) is 9.16. The Morgan fingerprint density at radius 1 is 1.67 bits per heavy atom. The van der Waals surface area contributed by atoms with Crippen LogP contribution in [-0.2, 0) is 17.1 Å². The van der Waals surface area contributed by atoms with E-state index < -0.39 is 15.6 Å². The summed E-state index contributed by atoms with van der Waals surface area (Å²) in [6.45, 7) is -0.160. The van der Waals surface area contributed by atoms with Gasteiger partial charge in [0.2, 0.25) is 10.0 Å². The van der Waals surface area contributed by atoms with Crippen LogP contribution < -0.4 is 4.72 Å². The summed E-state index contributed by atoms with van der Waals surface area (Å²) >= 11 is 0. The molecule has 2 rings (SSSR count). The Morgan fingerprint density at radius 3 is 2.73 bits per heavy atom. The van der Waals surface area contributed by atoms with Gasteiger partial charge >= 0.3 is 0 Å². The number of rotatable bonds is 4. The largest absolute Gasteiger partial charge is 0.394 e. The third-order valence-corrected chi connectivity index (χ3v) is 4.03. The molecule has 1 heterocycles. The van der Waals surface area contributed by atoms with E-state index in [4.69, 9.17) is 5.11 Å². The van der Waals surface area contributed by atoms with Crippen molar-refractivity contribution in [2.45, 2.75) is 23.3 Å². The van der Waals surface area contributed by atoms with E-state index in [1.807, 2.05) is 0 Å². The summed E-state index contributed by atoms with van der Waals surface area (Å²) in [5.41, 5.74) is -0.630. The van der Waals surface area contributed by atoms with Crippen LogP contribution in [0.1, 0.15) is 12.8 Å². The van der Waals surface area contributed by atoms with Crippen LogP contribution in [0.4, 0.5) is 0 Å². The summed E-state index contributed by atoms with van der Waals surface area (Å²) in [4.78, 5) is 0.129. The van der Waals surface area contributed by atoms with E-state index in [0.29, 0.717) is 12.8 Å². The maximum Gasteiger partial charge on any atom is 0.244 e. The van der Waals surface area contributed by atoms with Crippen LogP contribution in [0.3, 0.4) is 0 Å². The number of aryl methyl sites for hydroxylation is 1. The van der Waals surface area contributed by atoms with Crippen molar-refractivity contribution >= 4 is 10.0 Å². The number of hydrogen-bond acceptors (Lipinski definition) is 4. The first-order chi connectivity index (χ1) is 6.97. The SMILES string of the molecule is Cn1cc(S(=O)(=O)NC2(CO)CC2)cn1. The van der Waals surface area contributed by atoms with Gasteiger partial charge in [-0.1, -0.05) is 0 Å². The molecule has 1 aliphatic rings. The van der Waals surface area contributed by atoms with Crippen LogP contribution in [0.2, 0.25) is 0 Å². The van der Waals surface area contributed by atoms with E-state index in [9.17, 15) is 8.42 Å². The summed E-state index contributed by atoms with van der Waals surface area (Å²) in [6.07, 6.45) is 4.08. The van der Waals surface area contributed by atoms with E-state index in [1.165, 1.54) is 17.1 Å². The lowest BCUT2D eigenvalue weighted by Crippen LogP contribution is -2.39. The molecule has 0 bridgehead atoms. The molecule has 2 N–H and O–H groups in total. The van der Waals surface area contributed by atoms with Gasteiger partial charge in [0.25, 0.3) is 0 Å². The fraction of sp³-hybridized carbons (Fsp3) is 0.625. The molecule has 0 amide bonds. The highest BCUT2D eigenvalue weighted by Crippen LogP contribution is 2.36. The number of aliphatic hydroxyl groups is 1. The molecular formula is C8H13N3O3S. The standard InChI is InChI=1S/C8H13N3O3S/c1-11-5-7(4-9-11)15(13,14)10-8(6-12)2-3-8/h4-5,10,12H,2-3,6H2,1H3. The van der Waals surface area contributed by atoms with Crippen molar-refractivity contribution in [3.63, 3.8) is 0 Å². The van der Waals surface area contributed by atoms with Crippen molar-refractivity contribution in [1.82, 2.24) is 14.5 Å². The number of nitrogens with one attached hydrogen (secondary N) is 1. The summed E-state index contributed by atoms with van der Waals surface area (Å²) in [5.74, 6) is 0. The lowest BCUT2D eigenvalue weighted by Gasteiger charge is -2.13. The summed E-state index contributed by atoms with van der Waals surface area (Å²) in [7, 11) is -1.89. The van der Waals surface area contributed by atoms with Gasteiger partial charge in [-0.05, 0) is 12.8 Å². The minimum absolute atomic E-state index is 0.129. The summed E-state index contributed by atoms with van der Waals surface area (Å²) in [5, 5.41) is 12.8. The lowest BCUT2D eigenvalue weighted by atomic mass is 10.3. The van der Waals surface area contributed by atoms with Crippen molar-refractivity contribution in [3.05, 3.63) is 12.4 Å². The van der Waals surface area contributed by atoms with Crippen LogP contribution in [0.25, 0.3) is 0 Å². The highest BCUT2D eigenvalue weighted by Gasteiger charge is 2.45. The zero-order chi connectivity index (χ0) is 11.1. The van der Waals surface area contributed by atoms with Crippen molar-refractivity contribution in [1.29, 1.82) is 0 Å². The van der Waals surface area contributed by atoms with Gasteiger partial charge in [0.1, 0.15) is 4.90 Å². The van der Waals surface area contributed by atoms with Crippen molar-refractivity contribution < 1.29 is 13.5 Å². The van der Waals surface area contributed by atoms with Gasteiger partial charge in [-0.3, -0.25) is 4.68 Å². The minimum Gasteiger partial charge on any atom is -0.394 e. The maximum absolute atomic E-state index is 11.8. The monoisotopic (exact) mass is 231 g/mol. The smallest absolute Gasteiger partial charge is 0.244 e. The van der Waals surface area contributed by atoms with Crippen LogP contribution >= 0.6 is 0 Å². The first kappa shape index (κ1) is 10.6. The van der Waals surface area contributed by atoms with Crippen LogP contribution in [0, 0.1) is 0 Å². The Hall–Kier alpha value is -0.920. The zero-order valence-electron chi connectivity index (χ0n) is 8.34. The van der Waals surface area contributed by atoms with Crippen LogP contribution in [0.15, 0.2) is 17.3 Å². The number of sulfonamides is 1. The van der Waals surface area contributed by atoms with E-state index in [-0.39, 0.29) is 11.5 Å². The van der Waals surface area contributed by atoms with Crippen LogP contribution in [0.5, 0.6) is 0 Å². The van der Waals surface area contributed by atoms with Gasteiger partial charge in [-0.25, -0.2) is 13.1 Å². The number of aromatic nitrogens is 2. The molecule has 84 valence electrons. The van der Waals surface area contributed by atoms with Gasteiger partial charge < -0.3 is 5.11 Å². The van der Waals surface area contributed by atoms with Crippen molar-refractivity contribution in [3.8, 4) is 0 Å². The maximum atomic E-state index is 11.8. The molecule has 0 saturated heterocycles. The van der Waals surface area contributed by atoms with Gasteiger partial charge in [0.15, 0.2) is 0 Å². The van der Waals surface area contributed by atoms with E-state index in [2.05, 4.69) is 9.82 Å². The predicted octanol–water partition coefficient (Wildman–Crippen LogP) is -0.777. The third-order valence-electron chi connectivity index (χ3n) is 2.50. The summed E-state index contributed by atoms with van der Waals surface area (Å²) in [6, 6.07) is 0. The van der Waals surface area contributed by atoms with Crippen molar-refractivity contribution in [2.75, 3.05) is 6.61 Å². The molecule has 1 aliphatic carbocycles. The minimum atomic E-state index is -3.54. The summed E-state index contributed by atoms with van der Waals surface area (Å²) < 4.78 is 27.5. The van der Waals surface area contributed by atoms with E-state index in [1.54, 1.807) is 7.05 Å². The molecular weight excluding hydrogens is 218 g/mol. The van der Waals surface area contributed by atoms with Gasteiger partial charge in [0, 0.05) is 13.2 Å². The van der Waals surface area contributed by atoms with E-state index in [0.717, 1.165) is 0 Å². The number of nitrogens with zero attached hydrogens (tertiary/aromatic N) is 2. The average molecular weight is 231 g/mol. The lowest BCUT2D eigenvalue weighted by molar-refractivity contribution is 0.246. The molecule has 1 saturated carbocycles. The molecule has 1 aromatic heterocycles. The van der Waals surface area contributed by atoms with E-state index >= 15 is 0 Å². The quantitative estimate of drug-likeness (QED) is 0.712. The molecule has 7 heteroatoms. The Balaban J connectivity index is 2.21. The second-order valence-electron chi connectivity index (χ2n) is 3.89. The Bertz CT molecular complexity index is 461. The van der Waals surface area contributed by atoms with Crippen LogP contribution in [-0.4, -0.2) is 35.5 Å². The molecule has 0 aliphatic heterocycles. The fourth-order valence-electron chi connectivity index (χ4n) is 1.32. The number of aliphatic hydroxyl groups excluding tert-OH is 1. The highest BCUT2D eigenvalue weighted by atomic mass is 32.2. The van der Waals surface area contributed by atoms with Gasteiger partial charge in [-0.2, -0.15) is 5.10 Å². The molecule has 0 aromatic carbocycles. The predicted molar refractivity (Wildman–Crippen MR) is 52.6 cm³/mol. The third kappa shape index (κ3) is 2.04. The molecule has 0 spiro atoms. The molecule has 0 radical (unpaired) electrons. The molecule has 1 fully saturated rings. The highest BCUT2D eigenvalue weighted by molar-refractivity contribution is 7.89. The first-order valence-corrected chi connectivity index (χ1v) is 6.09. The average Bonchev–Trinajstić information content (AvgIpc) is 2.78. The number of hydrogen-bond donors (Lipinski definition) is 2. The van der Waals surface area contributed by atoms with Gasteiger partial charge in [0.05, 0.1) is 18.3 Å².